The van der Waals surface area contributed by atoms with Crippen molar-refractivity contribution in [2.24, 2.45) is 0 Å². The number of halogens is 5. The van der Waals surface area contributed by atoms with Gasteiger partial charge in [-0.2, -0.15) is 8.78 Å². The molecular formula is C2ClF4NO2. The quantitative estimate of drug-likeness (QED) is 0.214. The molecular weight excluding hydrogens is 181 g/mol. The van der Waals surface area contributed by atoms with Crippen molar-refractivity contribution in [2.75, 3.05) is 0 Å². The Hall–Kier alpha value is -0.590. The SMILES string of the molecule is O=[N+]([O-])C(F)(F)C(F)(F)Cl. The molecule has 0 aliphatic rings. The summed E-state index contributed by atoms with van der Waals surface area (Å²) in [7, 11) is 0. The molecule has 0 saturated heterocycles. The Morgan fingerprint density at radius 3 is 1.60 bits per heavy atom. The van der Waals surface area contributed by atoms with Gasteiger partial charge in [0.2, 0.25) is 0 Å². The summed E-state index contributed by atoms with van der Waals surface area (Å²) in [6.45, 7) is 0. The molecule has 0 aliphatic carbocycles. The van der Waals surface area contributed by atoms with Gasteiger partial charge in [-0.15, -0.1) is 8.78 Å². The van der Waals surface area contributed by atoms with E-state index >= 15 is 0 Å². The van der Waals surface area contributed by atoms with E-state index in [0.29, 0.717) is 0 Å². The summed E-state index contributed by atoms with van der Waals surface area (Å²) in [5.74, 6) is 0. The number of rotatable bonds is 2. The van der Waals surface area contributed by atoms with Crippen LogP contribution >= 0.6 is 11.6 Å². The molecule has 0 bridgehead atoms. The second-order valence-corrected chi connectivity index (χ2v) is 1.77. The minimum absolute atomic E-state index is 2.44. The minimum Gasteiger partial charge on any atom is -0.259 e. The molecule has 0 heterocycles. The van der Waals surface area contributed by atoms with E-state index in [9.17, 15) is 17.6 Å². The van der Waals surface area contributed by atoms with Crippen LogP contribution in [0.25, 0.3) is 0 Å². The van der Waals surface area contributed by atoms with Gasteiger partial charge in [-0.3, -0.25) is 10.1 Å². The lowest BCUT2D eigenvalue weighted by Gasteiger charge is -2.10. The highest BCUT2D eigenvalue weighted by molar-refractivity contribution is 6.22. The third-order valence-electron chi connectivity index (χ3n) is 0.570. The van der Waals surface area contributed by atoms with E-state index in [0.717, 1.165) is 0 Å². The van der Waals surface area contributed by atoms with E-state index in [1.807, 2.05) is 0 Å². The van der Waals surface area contributed by atoms with Crippen LogP contribution in [-0.2, 0) is 0 Å². The molecule has 0 aromatic carbocycles. The Morgan fingerprint density at radius 2 is 1.60 bits per heavy atom. The number of hydrogen-bond donors (Lipinski definition) is 0. The second kappa shape index (κ2) is 2.22. The topological polar surface area (TPSA) is 43.1 Å². The summed E-state index contributed by atoms with van der Waals surface area (Å²) in [4.78, 5) is 6.71. The van der Waals surface area contributed by atoms with Crippen molar-refractivity contribution < 1.29 is 22.5 Å². The van der Waals surface area contributed by atoms with E-state index in [1.54, 1.807) is 0 Å². The molecule has 0 rings (SSSR count). The predicted molar refractivity (Wildman–Crippen MR) is 22.7 cm³/mol. The van der Waals surface area contributed by atoms with Crippen molar-refractivity contribution >= 4 is 11.6 Å². The number of nitrogens with zero attached hydrogens (tertiary/aromatic N) is 1. The van der Waals surface area contributed by atoms with Crippen molar-refractivity contribution in [3.63, 3.8) is 0 Å². The van der Waals surface area contributed by atoms with Gasteiger partial charge in [0.25, 0.3) is 0 Å². The van der Waals surface area contributed by atoms with E-state index < -0.39 is 16.4 Å². The van der Waals surface area contributed by atoms with E-state index in [-0.39, 0.29) is 0 Å². The van der Waals surface area contributed by atoms with Gasteiger partial charge in [-0.05, 0) is 11.6 Å². The zero-order valence-corrected chi connectivity index (χ0v) is 4.91. The Bertz CT molecular complexity index is 154. The Kier molecular flexibility index (Phi) is 2.09. The van der Waals surface area contributed by atoms with Gasteiger partial charge < -0.3 is 0 Å². The normalized spacial score (nSPS) is 13.3. The summed E-state index contributed by atoms with van der Waals surface area (Å²) < 4.78 is 45.6. The first-order valence-corrected chi connectivity index (χ1v) is 2.16. The minimum atomic E-state index is -5.41. The standard InChI is InChI=1S/C2ClF4NO2/c3-1(4,5)2(6,7)8(9)10. The predicted octanol–water partition coefficient (Wildman–Crippen LogP) is 1.69. The summed E-state index contributed by atoms with van der Waals surface area (Å²) in [6.07, 6.45) is 0. The molecule has 0 N–H and O–H groups in total. The molecule has 0 fully saturated rings. The highest BCUT2D eigenvalue weighted by atomic mass is 35.5. The molecule has 0 aliphatic heterocycles. The molecule has 3 nitrogen and oxygen atoms in total. The van der Waals surface area contributed by atoms with Crippen LogP contribution in [0.15, 0.2) is 0 Å². The number of alkyl halides is 5. The van der Waals surface area contributed by atoms with Gasteiger partial charge in [-0.1, -0.05) is 0 Å². The van der Waals surface area contributed by atoms with Gasteiger partial charge in [0.05, 0.1) is 0 Å². The molecule has 0 unspecified atom stereocenters. The largest absolute Gasteiger partial charge is 0.591 e. The van der Waals surface area contributed by atoms with Gasteiger partial charge >= 0.3 is 11.4 Å². The second-order valence-electron chi connectivity index (χ2n) is 1.30. The van der Waals surface area contributed by atoms with Crippen molar-refractivity contribution in [1.29, 1.82) is 0 Å². The fourth-order valence-electron chi connectivity index (χ4n) is 0.104. The first-order valence-electron chi connectivity index (χ1n) is 1.78. The molecule has 0 aromatic rings. The molecule has 0 aromatic heterocycles. The van der Waals surface area contributed by atoms with E-state index in [1.165, 1.54) is 0 Å². The Labute approximate surface area is 56.7 Å². The van der Waals surface area contributed by atoms with Crippen molar-refractivity contribution in [3.8, 4) is 0 Å². The Balaban J connectivity index is 4.57. The van der Waals surface area contributed by atoms with Crippen molar-refractivity contribution in [2.45, 2.75) is 11.4 Å². The van der Waals surface area contributed by atoms with Gasteiger partial charge in [-0.25, -0.2) is 0 Å². The number of hydrogen-bond acceptors (Lipinski definition) is 2. The molecule has 60 valence electrons. The zero-order chi connectivity index (χ0) is 8.58. The third kappa shape index (κ3) is 1.47. The summed E-state index contributed by atoms with van der Waals surface area (Å²) in [6, 6.07) is -5.41. The highest BCUT2D eigenvalue weighted by Gasteiger charge is 2.67. The van der Waals surface area contributed by atoms with Crippen molar-refractivity contribution in [3.05, 3.63) is 10.1 Å². The first-order chi connectivity index (χ1) is 4.19. The third-order valence-corrected chi connectivity index (χ3v) is 0.798. The number of nitro groups is 1. The molecule has 10 heavy (non-hydrogen) atoms. The van der Waals surface area contributed by atoms with Crippen LogP contribution < -0.4 is 0 Å². The van der Waals surface area contributed by atoms with Crippen LogP contribution in [0, 0.1) is 10.1 Å². The zero-order valence-electron chi connectivity index (χ0n) is 4.15. The maximum Gasteiger partial charge on any atom is 0.591 e. The molecule has 0 spiro atoms. The molecule has 0 saturated carbocycles. The molecule has 8 heteroatoms. The average molecular weight is 181 g/mol. The van der Waals surface area contributed by atoms with Crippen LogP contribution in [0.1, 0.15) is 0 Å². The van der Waals surface area contributed by atoms with Crippen LogP contribution in [-0.4, -0.2) is 16.4 Å². The lowest BCUT2D eigenvalue weighted by Crippen LogP contribution is -2.42. The van der Waals surface area contributed by atoms with Gasteiger partial charge in [0, 0.05) is 0 Å². The van der Waals surface area contributed by atoms with Crippen LogP contribution in [0.4, 0.5) is 17.6 Å². The van der Waals surface area contributed by atoms with Crippen LogP contribution in [0.2, 0.25) is 0 Å². The molecule has 0 atom stereocenters. The highest BCUT2D eigenvalue weighted by Crippen LogP contribution is 2.37. The first kappa shape index (κ1) is 9.41. The maximum atomic E-state index is 11.5. The van der Waals surface area contributed by atoms with E-state index in [2.05, 4.69) is 11.6 Å². The fraction of sp³-hybridized carbons (Fsp3) is 1.00. The van der Waals surface area contributed by atoms with Gasteiger partial charge in [0.15, 0.2) is 0 Å². The monoisotopic (exact) mass is 181 g/mol. The average Bonchev–Trinajstić information content (AvgIpc) is 1.62. The van der Waals surface area contributed by atoms with Crippen LogP contribution in [0.3, 0.4) is 0 Å². The van der Waals surface area contributed by atoms with Crippen molar-refractivity contribution in [1.82, 2.24) is 0 Å². The molecule has 0 radical (unpaired) electrons. The summed E-state index contributed by atoms with van der Waals surface area (Å²) in [5, 5.41) is 4.02. The lowest BCUT2D eigenvalue weighted by atomic mass is 10.6. The summed E-state index contributed by atoms with van der Waals surface area (Å²) in [5.41, 5.74) is 0. The summed E-state index contributed by atoms with van der Waals surface area (Å²) >= 11 is 3.69. The maximum absolute atomic E-state index is 11.5. The smallest absolute Gasteiger partial charge is 0.259 e. The fourth-order valence-corrected chi connectivity index (χ4v) is 0.173. The van der Waals surface area contributed by atoms with E-state index in [4.69, 9.17) is 10.1 Å². The molecule has 0 amide bonds. The van der Waals surface area contributed by atoms with Gasteiger partial charge in [0.1, 0.15) is 4.92 Å². The van der Waals surface area contributed by atoms with Crippen LogP contribution in [0.5, 0.6) is 0 Å². The Morgan fingerprint density at radius 1 is 1.30 bits per heavy atom. The lowest BCUT2D eigenvalue weighted by molar-refractivity contribution is -0.666.